The third kappa shape index (κ3) is 7.98. The van der Waals surface area contributed by atoms with E-state index in [1.54, 1.807) is 0 Å². The second-order valence-corrected chi connectivity index (χ2v) is 5.03. The normalized spacial score (nSPS) is 20.1. The fourth-order valence-electron chi connectivity index (χ4n) is 2.09. The molecule has 116 valence electrons. The molecule has 0 saturated carbocycles. The minimum atomic E-state index is 0. The summed E-state index contributed by atoms with van der Waals surface area (Å²) in [6, 6.07) is 0.623. The lowest BCUT2D eigenvalue weighted by atomic mass is 10.0. The van der Waals surface area contributed by atoms with E-state index >= 15 is 0 Å². The first-order valence-electron chi connectivity index (χ1n) is 6.86. The van der Waals surface area contributed by atoms with Gasteiger partial charge in [-0.2, -0.15) is 0 Å². The highest BCUT2D eigenvalue weighted by Crippen LogP contribution is 2.06. The molecule has 1 aliphatic heterocycles. The highest BCUT2D eigenvalue weighted by atomic mass is 35.5. The molecule has 0 aromatic heterocycles. The van der Waals surface area contributed by atoms with Crippen LogP contribution in [0.3, 0.4) is 0 Å². The number of nitrogens with one attached hydrogen (secondary N) is 2. The van der Waals surface area contributed by atoms with Crippen molar-refractivity contribution in [2.75, 3.05) is 26.7 Å². The zero-order chi connectivity index (χ0) is 12.7. The Balaban J connectivity index is 0. The van der Waals surface area contributed by atoms with Crippen LogP contribution in [0.2, 0.25) is 0 Å². The highest BCUT2D eigenvalue weighted by Gasteiger charge is 2.19. The van der Waals surface area contributed by atoms with Crippen LogP contribution < -0.4 is 10.6 Å². The van der Waals surface area contributed by atoms with E-state index in [9.17, 15) is 4.79 Å². The van der Waals surface area contributed by atoms with Gasteiger partial charge in [-0.3, -0.25) is 4.79 Å². The van der Waals surface area contributed by atoms with Gasteiger partial charge in [0.05, 0.1) is 6.04 Å². The van der Waals surface area contributed by atoms with Crippen molar-refractivity contribution in [2.24, 2.45) is 0 Å². The number of likely N-dealkylation sites (N-methyl/N-ethyl adjacent to an activating group) is 1. The quantitative estimate of drug-likeness (QED) is 0.786. The van der Waals surface area contributed by atoms with Crippen molar-refractivity contribution in [2.45, 2.75) is 51.6 Å². The number of nitrogens with zero attached hydrogens (tertiary/aromatic N) is 1. The van der Waals surface area contributed by atoms with E-state index in [2.05, 4.69) is 36.4 Å². The van der Waals surface area contributed by atoms with Crippen LogP contribution >= 0.6 is 24.8 Å². The molecule has 0 radical (unpaired) electrons. The number of amides is 1. The van der Waals surface area contributed by atoms with E-state index in [1.807, 2.05) is 0 Å². The van der Waals surface area contributed by atoms with Crippen molar-refractivity contribution >= 4 is 30.7 Å². The summed E-state index contributed by atoms with van der Waals surface area (Å²) in [5, 5.41) is 6.28. The molecule has 19 heavy (non-hydrogen) atoms. The largest absolute Gasteiger partial charge is 0.353 e. The van der Waals surface area contributed by atoms with Gasteiger partial charge in [0, 0.05) is 19.1 Å². The summed E-state index contributed by atoms with van der Waals surface area (Å²) in [6.07, 6.45) is 4.49. The van der Waals surface area contributed by atoms with Crippen LogP contribution in [0.15, 0.2) is 0 Å². The van der Waals surface area contributed by atoms with Crippen molar-refractivity contribution in [1.82, 2.24) is 15.5 Å². The molecule has 0 aromatic rings. The molecule has 0 aliphatic carbocycles. The summed E-state index contributed by atoms with van der Waals surface area (Å²) in [5.41, 5.74) is 0. The molecule has 0 aromatic carbocycles. The van der Waals surface area contributed by atoms with Crippen LogP contribution in [0.4, 0.5) is 0 Å². The molecule has 0 bridgehead atoms. The van der Waals surface area contributed by atoms with Gasteiger partial charge in [-0.05, 0) is 39.8 Å². The number of halogens is 2. The van der Waals surface area contributed by atoms with Gasteiger partial charge < -0.3 is 15.5 Å². The Hall–Kier alpha value is -0.0300. The van der Waals surface area contributed by atoms with Crippen molar-refractivity contribution in [3.63, 3.8) is 0 Å². The summed E-state index contributed by atoms with van der Waals surface area (Å²) < 4.78 is 0. The lowest BCUT2D eigenvalue weighted by Gasteiger charge is -2.25. The number of hydrogen-bond donors (Lipinski definition) is 2. The highest BCUT2D eigenvalue weighted by molar-refractivity contribution is 5.85. The molecule has 1 fully saturated rings. The molecule has 1 rings (SSSR count). The predicted molar refractivity (Wildman–Crippen MR) is 85.5 cm³/mol. The van der Waals surface area contributed by atoms with Gasteiger partial charge in [-0.25, -0.2) is 0 Å². The molecule has 4 nitrogen and oxygen atoms in total. The van der Waals surface area contributed by atoms with E-state index in [4.69, 9.17) is 0 Å². The van der Waals surface area contributed by atoms with Crippen LogP contribution in [0, 0.1) is 0 Å². The zero-order valence-electron chi connectivity index (χ0n) is 12.3. The summed E-state index contributed by atoms with van der Waals surface area (Å²) >= 11 is 0. The third-order valence-electron chi connectivity index (χ3n) is 3.73. The molecule has 1 aliphatic rings. The lowest BCUT2D eigenvalue weighted by Crippen LogP contribution is -2.48. The standard InChI is InChI=1S/C13H27N3O.2ClH/c1-4-11(2)16(3)10-9-15-13(17)12-7-5-6-8-14-12;;/h11-12,14H,4-10H2,1-3H3,(H,15,17);2*1H. The topological polar surface area (TPSA) is 44.4 Å². The van der Waals surface area contributed by atoms with Crippen molar-refractivity contribution in [3.05, 3.63) is 0 Å². The molecule has 1 amide bonds. The molecule has 1 heterocycles. The maximum Gasteiger partial charge on any atom is 0.237 e. The smallest absolute Gasteiger partial charge is 0.237 e. The number of rotatable bonds is 6. The van der Waals surface area contributed by atoms with Crippen LogP contribution in [-0.2, 0) is 4.79 Å². The molecular formula is C13H29Cl2N3O. The summed E-state index contributed by atoms with van der Waals surface area (Å²) in [4.78, 5) is 14.1. The third-order valence-corrected chi connectivity index (χ3v) is 3.73. The van der Waals surface area contributed by atoms with Crippen molar-refractivity contribution in [1.29, 1.82) is 0 Å². The van der Waals surface area contributed by atoms with Crippen LogP contribution in [0.5, 0.6) is 0 Å². The van der Waals surface area contributed by atoms with E-state index in [0.717, 1.165) is 38.9 Å². The Kier molecular flexibility index (Phi) is 13.2. The Morgan fingerprint density at radius 1 is 1.42 bits per heavy atom. The number of piperidine rings is 1. The molecule has 2 unspecified atom stereocenters. The van der Waals surface area contributed by atoms with Gasteiger partial charge >= 0.3 is 0 Å². The van der Waals surface area contributed by atoms with Gasteiger partial charge in [0.15, 0.2) is 0 Å². The number of hydrogen-bond acceptors (Lipinski definition) is 3. The molecule has 0 spiro atoms. The van der Waals surface area contributed by atoms with Crippen molar-refractivity contribution < 1.29 is 4.79 Å². The second kappa shape index (κ2) is 11.8. The van der Waals surface area contributed by atoms with E-state index < -0.39 is 0 Å². The summed E-state index contributed by atoms with van der Waals surface area (Å²) in [6.45, 7) is 7.05. The summed E-state index contributed by atoms with van der Waals surface area (Å²) in [5.74, 6) is 0.169. The van der Waals surface area contributed by atoms with Crippen molar-refractivity contribution in [3.8, 4) is 0 Å². The van der Waals surface area contributed by atoms with Gasteiger partial charge in [0.1, 0.15) is 0 Å². The van der Waals surface area contributed by atoms with Gasteiger partial charge in [-0.1, -0.05) is 13.3 Å². The van der Waals surface area contributed by atoms with E-state index in [1.165, 1.54) is 6.42 Å². The lowest BCUT2D eigenvalue weighted by molar-refractivity contribution is -0.123. The van der Waals surface area contributed by atoms with E-state index in [0.29, 0.717) is 6.04 Å². The Morgan fingerprint density at radius 2 is 2.11 bits per heavy atom. The molecule has 2 N–H and O–H groups in total. The first-order chi connectivity index (χ1) is 8.15. The maximum atomic E-state index is 11.8. The molecule has 6 heteroatoms. The Morgan fingerprint density at radius 3 is 2.63 bits per heavy atom. The Bertz CT molecular complexity index is 236. The molecular weight excluding hydrogens is 285 g/mol. The first-order valence-corrected chi connectivity index (χ1v) is 6.86. The fourth-order valence-corrected chi connectivity index (χ4v) is 2.09. The number of carbonyl (C=O) groups excluding carboxylic acids is 1. The Labute approximate surface area is 129 Å². The molecule has 2 atom stereocenters. The van der Waals surface area contributed by atoms with Gasteiger partial charge in [-0.15, -0.1) is 24.8 Å². The van der Waals surface area contributed by atoms with Gasteiger partial charge in [0.2, 0.25) is 5.91 Å². The zero-order valence-corrected chi connectivity index (χ0v) is 13.9. The minimum absolute atomic E-state index is 0. The average molecular weight is 314 g/mol. The average Bonchev–Trinajstić information content (AvgIpc) is 2.38. The first kappa shape index (κ1) is 21.3. The maximum absolute atomic E-state index is 11.8. The second-order valence-electron chi connectivity index (χ2n) is 5.03. The van der Waals surface area contributed by atoms with Crippen LogP contribution in [-0.4, -0.2) is 49.6 Å². The minimum Gasteiger partial charge on any atom is -0.353 e. The summed E-state index contributed by atoms with van der Waals surface area (Å²) in [7, 11) is 2.11. The van der Waals surface area contributed by atoms with E-state index in [-0.39, 0.29) is 36.8 Å². The monoisotopic (exact) mass is 313 g/mol. The predicted octanol–water partition coefficient (Wildman–Crippen LogP) is 1.82. The SMILES string of the molecule is CCC(C)N(C)CCNC(=O)C1CCCCN1.Cl.Cl. The van der Waals surface area contributed by atoms with Gasteiger partial charge in [0.25, 0.3) is 0 Å². The fraction of sp³-hybridized carbons (Fsp3) is 0.923. The molecule has 1 saturated heterocycles. The van der Waals surface area contributed by atoms with Crippen LogP contribution in [0.25, 0.3) is 0 Å². The number of carbonyl (C=O) groups is 1. The van der Waals surface area contributed by atoms with Crippen LogP contribution in [0.1, 0.15) is 39.5 Å².